The van der Waals surface area contributed by atoms with Crippen molar-refractivity contribution in [2.45, 2.75) is 38.3 Å². The molecule has 106 valence electrons. The van der Waals surface area contributed by atoms with Gasteiger partial charge in [-0.05, 0) is 20.8 Å². The Morgan fingerprint density at radius 1 is 1.33 bits per heavy atom. The lowest BCUT2D eigenvalue weighted by atomic mass is 9.89. The summed E-state index contributed by atoms with van der Waals surface area (Å²) in [5.74, 6) is -0.345. The Balaban J connectivity index is 0.00000289. The number of alkyl carbamates (subject to hydrolysis) is 1. The molecule has 2 N–H and O–H groups in total. The van der Waals surface area contributed by atoms with E-state index in [9.17, 15) is 9.59 Å². The third-order valence-corrected chi connectivity index (χ3v) is 2.40. The van der Waals surface area contributed by atoms with Gasteiger partial charge in [0.1, 0.15) is 5.60 Å². The van der Waals surface area contributed by atoms with Gasteiger partial charge in [0.2, 0.25) is 0 Å². The van der Waals surface area contributed by atoms with Crippen molar-refractivity contribution in [3.8, 4) is 0 Å². The molecular weight excluding hydrogens is 260 g/mol. The predicted molar refractivity (Wildman–Crippen MR) is 68.9 cm³/mol. The van der Waals surface area contributed by atoms with Crippen molar-refractivity contribution in [1.29, 1.82) is 0 Å². The van der Waals surface area contributed by atoms with Gasteiger partial charge < -0.3 is 20.1 Å². The van der Waals surface area contributed by atoms with Crippen LogP contribution in [0.4, 0.5) is 4.79 Å². The van der Waals surface area contributed by atoms with E-state index < -0.39 is 17.2 Å². The van der Waals surface area contributed by atoms with Crippen molar-refractivity contribution in [2.24, 2.45) is 0 Å². The van der Waals surface area contributed by atoms with Crippen molar-refractivity contribution in [3.63, 3.8) is 0 Å². The molecule has 0 radical (unpaired) electrons. The molecule has 1 amide bonds. The van der Waals surface area contributed by atoms with Crippen molar-refractivity contribution < 1.29 is 19.1 Å². The Morgan fingerprint density at radius 3 is 2.22 bits per heavy atom. The van der Waals surface area contributed by atoms with Crippen molar-refractivity contribution in [2.75, 3.05) is 20.2 Å². The van der Waals surface area contributed by atoms with Crippen LogP contribution in [0.15, 0.2) is 0 Å². The van der Waals surface area contributed by atoms with Gasteiger partial charge in [0.25, 0.3) is 0 Å². The Kier molecular flexibility index (Phi) is 5.89. The first-order valence-corrected chi connectivity index (χ1v) is 5.55. The quantitative estimate of drug-likeness (QED) is 0.749. The highest BCUT2D eigenvalue weighted by Gasteiger charge is 2.41. The van der Waals surface area contributed by atoms with E-state index >= 15 is 0 Å². The second-order valence-corrected chi connectivity index (χ2v) is 5.26. The van der Waals surface area contributed by atoms with Crippen molar-refractivity contribution in [1.82, 2.24) is 10.6 Å². The number of hydrogen-bond acceptors (Lipinski definition) is 5. The molecule has 0 saturated carbocycles. The average Bonchev–Trinajstić information content (AvgIpc) is 2.10. The standard InChI is InChI=1S/C11H20N2O4.ClH/c1-10(2,3)17-9(15)13-11(6-12-7-11)5-8(14)16-4;/h12H,5-7H2,1-4H3,(H,13,15);1H. The zero-order valence-corrected chi connectivity index (χ0v) is 12.0. The first kappa shape index (κ1) is 17.0. The molecule has 1 rings (SSSR count). The Labute approximate surface area is 113 Å². The molecule has 0 aromatic carbocycles. The smallest absolute Gasteiger partial charge is 0.408 e. The number of nitrogens with one attached hydrogen (secondary N) is 2. The Morgan fingerprint density at radius 2 is 1.89 bits per heavy atom. The second-order valence-electron chi connectivity index (χ2n) is 5.26. The number of hydrogen-bond donors (Lipinski definition) is 2. The van der Waals surface area contributed by atoms with Gasteiger partial charge in [-0.3, -0.25) is 4.79 Å². The summed E-state index contributed by atoms with van der Waals surface area (Å²) in [6.45, 7) is 6.46. The number of esters is 1. The van der Waals surface area contributed by atoms with Crippen LogP contribution in [0.1, 0.15) is 27.2 Å². The van der Waals surface area contributed by atoms with Crippen LogP contribution in [0.2, 0.25) is 0 Å². The minimum atomic E-state index is -0.574. The Bertz CT molecular complexity index is 311. The molecular formula is C11H21ClN2O4. The van der Waals surface area contributed by atoms with Crippen molar-refractivity contribution in [3.05, 3.63) is 0 Å². The maximum absolute atomic E-state index is 11.6. The maximum atomic E-state index is 11.6. The van der Waals surface area contributed by atoms with E-state index in [0.29, 0.717) is 13.1 Å². The number of methoxy groups -OCH3 is 1. The Hall–Kier alpha value is -1.01. The number of carbonyl (C=O) groups excluding carboxylic acids is 2. The average molecular weight is 281 g/mol. The van der Waals surface area contributed by atoms with Gasteiger partial charge in [0.15, 0.2) is 0 Å². The third kappa shape index (κ3) is 5.10. The summed E-state index contributed by atoms with van der Waals surface area (Å²) in [4.78, 5) is 22.9. The van der Waals surface area contributed by atoms with Gasteiger partial charge in [-0.2, -0.15) is 0 Å². The fraction of sp³-hybridized carbons (Fsp3) is 0.818. The van der Waals surface area contributed by atoms with Crippen LogP contribution < -0.4 is 10.6 Å². The normalized spacial score (nSPS) is 16.9. The molecule has 0 atom stereocenters. The van der Waals surface area contributed by atoms with Gasteiger partial charge in [-0.25, -0.2) is 4.79 Å². The van der Waals surface area contributed by atoms with Gasteiger partial charge in [0, 0.05) is 13.1 Å². The number of carbonyl (C=O) groups is 2. The SMILES string of the molecule is COC(=O)CC1(NC(=O)OC(C)(C)C)CNC1.Cl. The molecule has 0 aliphatic carbocycles. The molecule has 1 heterocycles. The van der Waals surface area contributed by atoms with E-state index in [0.717, 1.165) is 0 Å². The van der Waals surface area contributed by atoms with E-state index in [1.807, 2.05) is 0 Å². The van der Waals surface area contributed by atoms with Crippen LogP contribution in [0.3, 0.4) is 0 Å². The molecule has 6 nitrogen and oxygen atoms in total. The lowest BCUT2D eigenvalue weighted by Gasteiger charge is -2.42. The van der Waals surface area contributed by atoms with Crippen LogP contribution in [0.5, 0.6) is 0 Å². The fourth-order valence-electron chi connectivity index (χ4n) is 1.55. The minimum Gasteiger partial charge on any atom is -0.469 e. The van der Waals surface area contributed by atoms with Crippen LogP contribution >= 0.6 is 12.4 Å². The number of ether oxygens (including phenoxy) is 2. The highest BCUT2D eigenvalue weighted by molar-refractivity contribution is 5.85. The molecule has 0 aromatic rings. The number of halogens is 1. The van der Waals surface area contributed by atoms with Gasteiger partial charge in [-0.1, -0.05) is 0 Å². The largest absolute Gasteiger partial charge is 0.469 e. The molecule has 0 bridgehead atoms. The minimum absolute atomic E-state index is 0. The van der Waals surface area contributed by atoms with Crippen LogP contribution in [-0.4, -0.2) is 43.4 Å². The molecule has 0 spiro atoms. The van der Waals surface area contributed by atoms with E-state index in [2.05, 4.69) is 15.4 Å². The van der Waals surface area contributed by atoms with Crippen LogP contribution in [0.25, 0.3) is 0 Å². The zero-order chi connectivity index (χ0) is 13.1. The summed E-state index contributed by atoms with van der Waals surface area (Å²) >= 11 is 0. The fourth-order valence-corrected chi connectivity index (χ4v) is 1.55. The molecule has 7 heteroatoms. The van der Waals surface area contributed by atoms with E-state index in [-0.39, 0.29) is 24.8 Å². The second kappa shape index (κ2) is 6.24. The predicted octanol–water partition coefficient (Wildman–Crippen LogP) is 0.838. The first-order valence-electron chi connectivity index (χ1n) is 5.55. The molecule has 1 aliphatic rings. The van der Waals surface area contributed by atoms with Gasteiger partial charge >= 0.3 is 12.1 Å². The highest BCUT2D eigenvalue weighted by Crippen LogP contribution is 2.18. The molecule has 1 fully saturated rings. The van der Waals surface area contributed by atoms with Crippen LogP contribution in [-0.2, 0) is 14.3 Å². The topological polar surface area (TPSA) is 76.7 Å². The highest BCUT2D eigenvalue weighted by atomic mass is 35.5. The summed E-state index contributed by atoms with van der Waals surface area (Å²) in [5, 5.41) is 5.75. The van der Waals surface area contributed by atoms with Gasteiger partial charge in [0.05, 0.1) is 19.1 Å². The van der Waals surface area contributed by atoms with Crippen LogP contribution in [0, 0.1) is 0 Å². The van der Waals surface area contributed by atoms with E-state index in [1.54, 1.807) is 20.8 Å². The summed E-state index contributed by atoms with van der Waals surface area (Å²) in [7, 11) is 1.33. The van der Waals surface area contributed by atoms with Gasteiger partial charge in [-0.15, -0.1) is 12.4 Å². The summed E-state index contributed by atoms with van der Waals surface area (Å²) in [6, 6.07) is 0. The third-order valence-electron chi connectivity index (χ3n) is 2.40. The maximum Gasteiger partial charge on any atom is 0.408 e. The number of amides is 1. The van der Waals surface area contributed by atoms with Crippen molar-refractivity contribution >= 4 is 24.5 Å². The molecule has 1 aliphatic heterocycles. The summed E-state index contributed by atoms with van der Waals surface area (Å²) in [6.07, 6.45) is -0.363. The monoisotopic (exact) mass is 280 g/mol. The molecule has 18 heavy (non-hydrogen) atoms. The number of rotatable bonds is 3. The first-order chi connectivity index (χ1) is 7.76. The molecule has 0 unspecified atom stereocenters. The molecule has 1 saturated heterocycles. The summed E-state index contributed by atoms with van der Waals surface area (Å²) in [5.41, 5.74) is -1.12. The van der Waals surface area contributed by atoms with E-state index in [4.69, 9.17) is 4.74 Å². The zero-order valence-electron chi connectivity index (χ0n) is 11.2. The van der Waals surface area contributed by atoms with E-state index in [1.165, 1.54) is 7.11 Å². The lowest BCUT2D eigenvalue weighted by molar-refractivity contribution is -0.142. The summed E-state index contributed by atoms with van der Waals surface area (Å²) < 4.78 is 9.76. The lowest BCUT2D eigenvalue weighted by Crippen LogP contribution is -2.70. The molecule has 0 aromatic heterocycles.